The third-order valence-corrected chi connectivity index (χ3v) is 4.78. The maximum absolute atomic E-state index is 12.2. The monoisotopic (exact) mass is 337 g/mol. The highest BCUT2D eigenvalue weighted by Gasteiger charge is 2.68. The Labute approximate surface area is 133 Å². The number of ether oxygens (including phenoxy) is 2. The van der Waals surface area contributed by atoms with Gasteiger partial charge in [-0.2, -0.15) is 0 Å². The number of hydrogen-bond acceptors (Lipinski definition) is 3. The topological polar surface area (TPSA) is 30.5 Å². The number of rotatable bonds is 4. The molecule has 3 rings (SSSR count). The summed E-state index contributed by atoms with van der Waals surface area (Å²) >= 11 is 0. The lowest BCUT2D eigenvalue weighted by Crippen LogP contribution is -2.40. The van der Waals surface area contributed by atoms with Crippen molar-refractivity contribution < 1.29 is 22.6 Å². The Kier molecular flexibility index (Phi) is 4.66. The van der Waals surface area contributed by atoms with Gasteiger partial charge in [-0.3, -0.25) is 0 Å². The lowest BCUT2D eigenvalue weighted by molar-refractivity contribution is -0.274. The van der Waals surface area contributed by atoms with Crippen LogP contribution in [0.1, 0.15) is 18.4 Å². The molecular weight excluding hydrogens is 319 g/mol. The van der Waals surface area contributed by atoms with E-state index in [0.717, 1.165) is 31.5 Å². The zero-order valence-corrected chi connectivity index (χ0v) is 13.0. The Hall–Kier alpha value is -0.980. The zero-order chi connectivity index (χ0) is 15.1. The molecule has 0 spiro atoms. The quantitative estimate of drug-likeness (QED) is 0.914. The fraction of sp³-hybridized carbons (Fsp3) is 0.600. The fourth-order valence-electron chi connectivity index (χ4n) is 3.79. The summed E-state index contributed by atoms with van der Waals surface area (Å²) < 4.78 is 45.9. The zero-order valence-electron chi connectivity index (χ0n) is 12.2. The van der Waals surface area contributed by atoms with E-state index in [-0.39, 0.29) is 29.0 Å². The molecule has 2 unspecified atom stereocenters. The second-order valence-electron chi connectivity index (χ2n) is 5.97. The molecule has 1 saturated heterocycles. The molecule has 22 heavy (non-hydrogen) atoms. The summed E-state index contributed by atoms with van der Waals surface area (Å²) in [6.07, 6.45) is -2.65. The van der Waals surface area contributed by atoms with E-state index in [4.69, 9.17) is 4.74 Å². The Bertz CT molecular complexity index is 519. The van der Waals surface area contributed by atoms with Crippen molar-refractivity contribution in [2.45, 2.75) is 24.6 Å². The van der Waals surface area contributed by atoms with Crippen molar-refractivity contribution in [1.82, 2.24) is 5.32 Å². The first-order chi connectivity index (χ1) is 9.91. The second-order valence-corrected chi connectivity index (χ2v) is 5.97. The van der Waals surface area contributed by atoms with Gasteiger partial charge in [0.2, 0.25) is 0 Å². The van der Waals surface area contributed by atoms with Crippen LogP contribution in [0.25, 0.3) is 0 Å². The van der Waals surface area contributed by atoms with Gasteiger partial charge in [-0.25, -0.2) is 0 Å². The standard InChI is InChI=1S/C15H18F3NO2.ClH/c1-20-10-13-8-14(13,6-7-19-9-13)11-2-4-12(5-3-11)21-15(16,17)18;/h2-5,19H,6-10H2,1H3;1H. The summed E-state index contributed by atoms with van der Waals surface area (Å²) in [5.74, 6) is -0.172. The lowest BCUT2D eigenvalue weighted by atomic mass is 9.81. The number of nitrogens with one attached hydrogen (secondary N) is 1. The van der Waals surface area contributed by atoms with Crippen LogP contribution in [0.3, 0.4) is 0 Å². The van der Waals surface area contributed by atoms with E-state index >= 15 is 0 Å². The van der Waals surface area contributed by atoms with Crippen molar-refractivity contribution in [3.63, 3.8) is 0 Å². The van der Waals surface area contributed by atoms with Crippen LogP contribution in [0.4, 0.5) is 13.2 Å². The first-order valence-corrected chi connectivity index (χ1v) is 6.97. The van der Waals surface area contributed by atoms with Crippen LogP contribution in [0.2, 0.25) is 0 Å². The number of methoxy groups -OCH3 is 1. The minimum atomic E-state index is -4.64. The number of alkyl halides is 3. The summed E-state index contributed by atoms with van der Waals surface area (Å²) in [6.45, 7) is 2.48. The second kappa shape index (κ2) is 5.91. The molecule has 3 nitrogen and oxygen atoms in total. The fourth-order valence-corrected chi connectivity index (χ4v) is 3.79. The normalized spacial score (nSPS) is 30.2. The minimum Gasteiger partial charge on any atom is -0.406 e. The van der Waals surface area contributed by atoms with Crippen LogP contribution in [0.5, 0.6) is 5.75 Å². The molecule has 124 valence electrons. The summed E-state index contributed by atoms with van der Waals surface area (Å²) in [5.41, 5.74) is 1.19. The molecule has 1 saturated carbocycles. The minimum absolute atomic E-state index is 0. The van der Waals surface area contributed by atoms with Crippen LogP contribution in [-0.4, -0.2) is 33.2 Å². The third kappa shape index (κ3) is 2.92. The van der Waals surface area contributed by atoms with Gasteiger partial charge >= 0.3 is 6.36 Å². The number of fused-ring (bicyclic) bond motifs is 1. The van der Waals surface area contributed by atoms with Gasteiger partial charge in [0.1, 0.15) is 5.75 Å². The highest BCUT2D eigenvalue weighted by atomic mass is 35.5. The molecule has 0 radical (unpaired) electrons. The van der Waals surface area contributed by atoms with E-state index in [1.165, 1.54) is 12.1 Å². The highest BCUT2D eigenvalue weighted by molar-refractivity contribution is 5.85. The summed E-state index contributed by atoms with van der Waals surface area (Å²) in [7, 11) is 1.69. The van der Waals surface area contributed by atoms with Crippen molar-refractivity contribution >= 4 is 12.4 Å². The van der Waals surface area contributed by atoms with E-state index in [2.05, 4.69) is 10.1 Å². The molecule has 0 aromatic heterocycles. The highest BCUT2D eigenvalue weighted by Crippen LogP contribution is 2.67. The maximum Gasteiger partial charge on any atom is 0.573 e. The number of piperidine rings is 1. The predicted molar refractivity (Wildman–Crippen MR) is 78.5 cm³/mol. The first-order valence-electron chi connectivity index (χ1n) is 6.97. The van der Waals surface area contributed by atoms with Crippen LogP contribution >= 0.6 is 12.4 Å². The molecule has 2 aliphatic rings. The van der Waals surface area contributed by atoms with Crippen molar-refractivity contribution in [3.05, 3.63) is 29.8 Å². The molecule has 1 aliphatic carbocycles. The van der Waals surface area contributed by atoms with E-state index in [1.54, 1.807) is 19.2 Å². The Morgan fingerprint density at radius 1 is 1.23 bits per heavy atom. The lowest BCUT2D eigenvalue weighted by Gasteiger charge is -2.31. The smallest absolute Gasteiger partial charge is 0.406 e. The Morgan fingerprint density at radius 3 is 2.50 bits per heavy atom. The summed E-state index contributed by atoms with van der Waals surface area (Å²) in [6, 6.07) is 6.30. The molecule has 1 heterocycles. The summed E-state index contributed by atoms with van der Waals surface area (Å²) in [5, 5.41) is 3.39. The molecule has 0 bridgehead atoms. The molecule has 2 fully saturated rings. The van der Waals surface area contributed by atoms with Crippen molar-refractivity contribution in [2.24, 2.45) is 5.41 Å². The maximum atomic E-state index is 12.2. The van der Waals surface area contributed by atoms with Gasteiger partial charge in [-0.05, 0) is 37.1 Å². The van der Waals surface area contributed by atoms with Gasteiger partial charge in [-0.1, -0.05) is 12.1 Å². The molecular formula is C15H19ClF3NO2. The largest absolute Gasteiger partial charge is 0.573 e. The Balaban J connectivity index is 0.00000176. The molecule has 1 aromatic carbocycles. The predicted octanol–water partition coefficient (Wildman–Crippen LogP) is 3.27. The molecule has 2 atom stereocenters. The van der Waals surface area contributed by atoms with Crippen LogP contribution in [0, 0.1) is 5.41 Å². The van der Waals surface area contributed by atoms with Gasteiger partial charge in [-0.15, -0.1) is 25.6 Å². The molecule has 1 aliphatic heterocycles. The van der Waals surface area contributed by atoms with E-state index in [1.807, 2.05) is 0 Å². The number of halogens is 4. The van der Waals surface area contributed by atoms with Crippen molar-refractivity contribution in [1.29, 1.82) is 0 Å². The van der Waals surface area contributed by atoms with Gasteiger partial charge in [0.15, 0.2) is 0 Å². The van der Waals surface area contributed by atoms with E-state index < -0.39 is 6.36 Å². The number of benzene rings is 1. The third-order valence-electron chi connectivity index (χ3n) is 4.78. The van der Waals surface area contributed by atoms with Crippen molar-refractivity contribution in [2.75, 3.05) is 26.8 Å². The molecule has 1 aromatic rings. The van der Waals surface area contributed by atoms with E-state index in [9.17, 15) is 13.2 Å². The van der Waals surface area contributed by atoms with Crippen LogP contribution in [0.15, 0.2) is 24.3 Å². The average molecular weight is 338 g/mol. The van der Waals surface area contributed by atoms with Gasteiger partial charge in [0.25, 0.3) is 0 Å². The van der Waals surface area contributed by atoms with Gasteiger partial charge in [0, 0.05) is 24.5 Å². The summed E-state index contributed by atoms with van der Waals surface area (Å²) in [4.78, 5) is 0. The molecule has 1 N–H and O–H groups in total. The average Bonchev–Trinajstić information content (AvgIpc) is 3.08. The van der Waals surface area contributed by atoms with E-state index in [0.29, 0.717) is 6.61 Å². The first kappa shape index (κ1) is 17.4. The van der Waals surface area contributed by atoms with Gasteiger partial charge in [0.05, 0.1) is 6.61 Å². The van der Waals surface area contributed by atoms with Gasteiger partial charge < -0.3 is 14.8 Å². The SMILES string of the molecule is COCC12CNCCC1(c1ccc(OC(F)(F)F)cc1)C2.Cl. The molecule has 0 amide bonds. The van der Waals surface area contributed by atoms with Crippen LogP contribution < -0.4 is 10.1 Å². The van der Waals surface area contributed by atoms with Crippen molar-refractivity contribution in [3.8, 4) is 5.75 Å². The Morgan fingerprint density at radius 2 is 1.91 bits per heavy atom. The van der Waals surface area contributed by atoms with Crippen LogP contribution in [-0.2, 0) is 10.2 Å². The number of hydrogen-bond donors (Lipinski definition) is 1. The molecule has 7 heteroatoms.